The lowest BCUT2D eigenvalue weighted by Crippen LogP contribution is -2.59. The highest BCUT2D eigenvalue weighted by Gasteiger charge is 2.31. The average Bonchev–Trinajstić information content (AvgIpc) is 3.07. The fourth-order valence-electron chi connectivity index (χ4n) is 4.33. The van der Waals surface area contributed by atoms with Crippen LogP contribution in [0.5, 0.6) is 0 Å². The molecule has 0 rings (SSSR count). The Morgan fingerprint density at radius 1 is 0.647 bits per heavy atom. The molecule has 0 aromatic rings. The number of carbonyl (C=O) groups is 8. The molecule has 13 N–H and O–H groups in total. The predicted molar refractivity (Wildman–Crippen MR) is 193 cm³/mol. The quantitative estimate of drug-likeness (QED) is 0.0311. The molecule has 0 aliphatic carbocycles. The van der Waals surface area contributed by atoms with Crippen LogP contribution in [0.15, 0.2) is 0 Å². The molecule has 0 aromatic heterocycles. The average molecular weight is 766 g/mol. The summed E-state index contributed by atoms with van der Waals surface area (Å²) in [4.78, 5) is 100. The second-order valence-electron chi connectivity index (χ2n) is 12.4. The molecule has 6 atom stereocenters. The van der Waals surface area contributed by atoms with Crippen molar-refractivity contribution in [1.82, 2.24) is 37.2 Å². The van der Waals surface area contributed by atoms with E-state index in [2.05, 4.69) is 62.5 Å². The van der Waals surface area contributed by atoms with E-state index in [9.17, 15) is 48.6 Å². The molecular weight excluding hydrogens is 711 g/mol. The molecule has 0 fully saturated rings. The highest BCUT2D eigenvalue weighted by molar-refractivity contribution is 7.80. The van der Waals surface area contributed by atoms with Crippen LogP contribution in [0.2, 0.25) is 0 Å². The van der Waals surface area contributed by atoms with E-state index in [-0.39, 0.29) is 30.3 Å². The summed E-state index contributed by atoms with van der Waals surface area (Å²) in [6, 6.07) is -7.12. The van der Waals surface area contributed by atoms with Crippen LogP contribution in [0.25, 0.3) is 0 Å². The summed E-state index contributed by atoms with van der Waals surface area (Å²) >= 11 is 7.87. The topological polar surface area (TPSA) is 313 Å². The van der Waals surface area contributed by atoms with Gasteiger partial charge in [-0.1, -0.05) is 27.7 Å². The van der Waals surface area contributed by atoms with Gasteiger partial charge in [0.1, 0.15) is 30.2 Å². The van der Waals surface area contributed by atoms with Gasteiger partial charge in [-0.15, -0.1) is 0 Å². The molecule has 51 heavy (non-hydrogen) atoms. The lowest BCUT2D eigenvalue weighted by Gasteiger charge is -2.26. The number of aliphatic hydroxyl groups excluding tert-OH is 1. The number of nitrogens with one attached hydrogen (secondary N) is 7. The number of carboxylic acid groups (broad SMARTS) is 1. The van der Waals surface area contributed by atoms with Crippen LogP contribution >= 0.6 is 25.3 Å². The number of hydrogen-bond acceptors (Lipinski definition) is 13. The van der Waals surface area contributed by atoms with Gasteiger partial charge in [-0.3, -0.25) is 33.6 Å². The van der Waals surface area contributed by atoms with E-state index < -0.39 is 109 Å². The minimum absolute atomic E-state index is 0.0112. The van der Waals surface area contributed by atoms with Gasteiger partial charge in [-0.25, -0.2) is 4.79 Å². The molecule has 21 heteroatoms. The van der Waals surface area contributed by atoms with Crippen LogP contribution in [0, 0.1) is 11.8 Å². The van der Waals surface area contributed by atoms with Gasteiger partial charge in [0.15, 0.2) is 0 Å². The lowest BCUT2D eigenvalue weighted by molar-refractivity contribution is -0.142. The van der Waals surface area contributed by atoms with Crippen LogP contribution in [-0.2, 0) is 38.4 Å². The Morgan fingerprint density at radius 2 is 1.18 bits per heavy atom. The van der Waals surface area contributed by atoms with E-state index >= 15 is 0 Å². The maximum atomic E-state index is 13.0. The highest BCUT2D eigenvalue weighted by Crippen LogP contribution is 2.07. The molecular formula is C30H55N9O10S2. The van der Waals surface area contributed by atoms with Crippen molar-refractivity contribution in [2.24, 2.45) is 23.3 Å². The van der Waals surface area contributed by atoms with Crippen molar-refractivity contribution in [2.75, 3.05) is 37.7 Å². The van der Waals surface area contributed by atoms with Gasteiger partial charge in [0.25, 0.3) is 0 Å². The number of unbranched alkanes of at least 4 members (excludes halogenated alkanes) is 1. The molecule has 0 aliphatic heterocycles. The van der Waals surface area contributed by atoms with Gasteiger partial charge >= 0.3 is 5.97 Å². The zero-order valence-corrected chi connectivity index (χ0v) is 31.2. The Hall–Kier alpha value is -3.66. The van der Waals surface area contributed by atoms with Crippen LogP contribution in [0.4, 0.5) is 0 Å². The number of amides is 7. The fraction of sp³-hybridized carbons (Fsp3) is 0.733. The third-order valence-corrected chi connectivity index (χ3v) is 7.96. The van der Waals surface area contributed by atoms with E-state index in [0.29, 0.717) is 19.4 Å². The van der Waals surface area contributed by atoms with E-state index in [1.54, 1.807) is 13.8 Å². The molecule has 7 amide bonds. The number of aliphatic hydroxyl groups is 1. The van der Waals surface area contributed by atoms with Gasteiger partial charge in [-0.05, 0) is 44.1 Å². The highest BCUT2D eigenvalue weighted by atomic mass is 32.1. The van der Waals surface area contributed by atoms with Crippen LogP contribution in [0.1, 0.15) is 53.4 Å². The molecule has 0 bridgehead atoms. The molecule has 0 radical (unpaired) electrons. The maximum Gasteiger partial charge on any atom is 0.327 e. The van der Waals surface area contributed by atoms with E-state index in [1.165, 1.54) is 0 Å². The van der Waals surface area contributed by atoms with E-state index in [1.807, 2.05) is 13.8 Å². The summed E-state index contributed by atoms with van der Waals surface area (Å²) in [6.45, 7) is 5.11. The minimum atomic E-state index is -1.54. The first-order valence-electron chi connectivity index (χ1n) is 16.5. The standard InChI is InChI=1S/C30H55N9O10S2/c1-15(2)9-19(37-25(43)17(32)13-50)27(45)34-10-22(41)35-18(7-5-6-8-31)26(44)33-11-23(42)36-20(12-40)28(46)39-24(16(3)4)29(47)38-21(14-51)30(48)49/h15-21,24,40,50-51H,5-14,31-32H2,1-4H3,(H,33,44)(H,34,45)(H,35,41)(H,36,42)(H,37,43)(H,38,47)(H,39,46)(H,48,49)/t17-,18-,19-,20-,21-,24-/m0/s1. The maximum absolute atomic E-state index is 13.0. The first-order valence-corrected chi connectivity index (χ1v) is 17.7. The predicted octanol–water partition coefficient (Wildman–Crippen LogP) is -4.26. The largest absolute Gasteiger partial charge is 0.480 e. The molecule has 0 unspecified atom stereocenters. The monoisotopic (exact) mass is 765 g/mol. The Balaban J connectivity index is 5.36. The lowest BCUT2D eigenvalue weighted by atomic mass is 10.0. The van der Waals surface area contributed by atoms with Gasteiger partial charge < -0.3 is 58.9 Å². The van der Waals surface area contributed by atoms with Crippen molar-refractivity contribution < 1.29 is 48.6 Å². The molecule has 0 saturated heterocycles. The summed E-state index contributed by atoms with van der Waals surface area (Å²) in [6.07, 6.45) is 1.35. The third-order valence-electron chi connectivity index (χ3n) is 7.20. The number of aliphatic carboxylic acids is 1. The van der Waals surface area contributed by atoms with Gasteiger partial charge in [0.05, 0.1) is 25.7 Å². The Labute approximate surface area is 308 Å². The van der Waals surface area contributed by atoms with Crippen LogP contribution < -0.4 is 48.7 Å². The molecule has 19 nitrogen and oxygen atoms in total. The Bertz CT molecular complexity index is 1200. The number of carbonyl (C=O) groups excluding carboxylic acids is 7. The first kappa shape index (κ1) is 47.3. The number of thiol groups is 2. The van der Waals surface area contributed by atoms with Crippen molar-refractivity contribution in [1.29, 1.82) is 0 Å². The summed E-state index contributed by atoms with van der Waals surface area (Å²) in [7, 11) is 0. The minimum Gasteiger partial charge on any atom is -0.480 e. The van der Waals surface area contributed by atoms with Crippen molar-refractivity contribution in [3.05, 3.63) is 0 Å². The second kappa shape index (κ2) is 25.3. The molecule has 0 aliphatic rings. The smallest absolute Gasteiger partial charge is 0.327 e. The van der Waals surface area contributed by atoms with Gasteiger partial charge in [0.2, 0.25) is 41.4 Å². The van der Waals surface area contributed by atoms with Crippen molar-refractivity contribution in [3.8, 4) is 0 Å². The molecule has 0 aromatic carbocycles. The first-order chi connectivity index (χ1) is 23.9. The summed E-state index contributed by atoms with van der Waals surface area (Å²) in [5.41, 5.74) is 11.2. The summed E-state index contributed by atoms with van der Waals surface area (Å²) in [5, 5.41) is 35.7. The second-order valence-corrected chi connectivity index (χ2v) is 13.2. The number of carboxylic acids is 1. The zero-order chi connectivity index (χ0) is 39.3. The number of hydrogen-bond donors (Lipinski definition) is 13. The van der Waals surface area contributed by atoms with Crippen LogP contribution in [0.3, 0.4) is 0 Å². The summed E-state index contributed by atoms with van der Waals surface area (Å²) in [5.74, 6) is -7.32. The molecule has 0 spiro atoms. The zero-order valence-electron chi connectivity index (χ0n) is 29.4. The normalized spacial score (nSPS) is 14.6. The van der Waals surface area contributed by atoms with Crippen LogP contribution in [-0.4, -0.2) is 132 Å². The third kappa shape index (κ3) is 18.9. The van der Waals surface area contributed by atoms with Crippen molar-refractivity contribution >= 4 is 72.6 Å². The number of nitrogens with two attached hydrogens (primary N) is 2. The SMILES string of the molecule is CC(C)C[C@H](NC(=O)[C@@H](N)CS)C(=O)NCC(=O)N[C@@H](CCCCN)C(=O)NCC(=O)N[C@@H](CO)C(=O)N[C@H](C(=O)N[C@@H](CS)C(=O)O)C(C)C. The molecule has 0 saturated carbocycles. The van der Waals surface area contributed by atoms with E-state index in [0.717, 1.165) is 0 Å². The summed E-state index contributed by atoms with van der Waals surface area (Å²) < 4.78 is 0. The van der Waals surface area contributed by atoms with Gasteiger partial charge in [-0.2, -0.15) is 25.3 Å². The molecule has 292 valence electrons. The fourth-order valence-corrected chi connectivity index (χ4v) is 4.74. The molecule has 0 heterocycles. The van der Waals surface area contributed by atoms with Gasteiger partial charge in [0, 0.05) is 11.5 Å². The number of rotatable bonds is 25. The van der Waals surface area contributed by atoms with Crippen molar-refractivity contribution in [3.63, 3.8) is 0 Å². The Kier molecular flexibility index (Phi) is 23.5. The van der Waals surface area contributed by atoms with Crippen molar-refractivity contribution in [2.45, 2.75) is 89.6 Å². The van der Waals surface area contributed by atoms with E-state index in [4.69, 9.17) is 11.5 Å². The Morgan fingerprint density at radius 3 is 1.63 bits per heavy atom.